The van der Waals surface area contributed by atoms with Crippen LogP contribution in [-0.2, 0) is 11.2 Å². The van der Waals surface area contributed by atoms with Crippen molar-refractivity contribution in [2.75, 3.05) is 6.61 Å². The summed E-state index contributed by atoms with van der Waals surface area (Å²) in [6.45, 7) is 2.15. The van der Waals surface area contributed by atoms with E-state index in [0.717, 1.165) is 10.8 Å². The highest BCUT2D eigenvalue weighted by Crippen LogP contribution is 2.39. The van der Waals surface area contributed by atoms with Crippen molar-refractivity contribution in [3.63, 3.8) is 0 Å². The molecule has 0 saturated heterocycles. The van der Waals surface area contributed by atoms with Gasteiger partial charge in [0.15, 0.2) is 0 Å². The highest BCUT2D eigenvalue weighted by molar-refractivity contribution is 5.94. The van der Waals surface area contributed by atoms with E-state index in [1.54, 1.807) is 30.3 Å². The predicted octanol–water partition coefficient (Wildman–Crippen LogP) is 7.30. The lowest BCUT2D eigenvalue weighted by molar-refractivity contribution is 0.0519. The maximum atomic E-state index is 11.4. The van der Waals surface area contributed by atoms with Crippen molar-refractivity contribution in [3.8, 4) is 0 Å². The van der Waals surface area contributed by atoms with E-state index in [9.17, 15) is 4.79 Å². The maximum Gasteiger partial charge on any atom is 0.356 e. The van der Waals surface area contributed by atoms with Gasteiger partial charge in [0.25, 0.3) is 0 Å². The van der Waals surface area contributed by atoms with Gasteiger partial charge in [-0.05, 0) is 71.5 Å². The largest absolute Gasteiger partial charge is 0.461 e. The normalized spacial score (nSPS) is 14.3. The molecule has 0 aliphatic heterocycles. The number of aryl methyl sites for hydroxylation is 1. The second kappa shape index (κ2) is 9.41. The van der Waals surface area contributed by atoms with Crippen molar-refractivity contribution < 1.29 is 9.53 Å². The molecule has 0 atom stereocenters. The molecule has 3 heteroatoms. The quantitative estimate of drug-likeness (QED) is 0.311. The summed E-state index contributed by atoms with van der Waals surface area (Å²) in [6.07, 6.45) is 11.3. The number of carbonyl (C=O) groups is 1. The highest BCUT2D eigenvalue weighted by Gasteiger charge is 2.20. The van der Waals surface area contributed by atoms with Gasteiger partial charge < -0.3 is 4.74 Å². The third-order valence-electron chi connectivity index (χ3n) is 6.40. The van der Waals surface area contributed by atoms with Crippen LogP contribution in [0.1, 0.15) is 47.8 Å². The zero-order chi connectivity index (χ0) is 22.6. The van der Waals surface area contributed by atoms with Gasteiger partial charge in [0.1, 0.15) is 5.69 Å². The van der Waals surface area contributed by atoms with E-state index in [2.05, 4.69) is 53.5 Å². The van der Waals surface area contributed by atoms with E-state index in [0.29, 0.717) is 12.3 Å². The Kier molecular flexibility index (Phi) is 6.03. The Morgan fingerprint density at radius 2 is 1.70 bits per heavy atom. The van der Waals surface area contributed by atoms with Crippen LogP contribution in [0.5, 0.6) is 0 Å². The third kappa shape index (κ3) is 4.31. The average molecular weight is 434 g/mol. The first kappa shape index (κ1) is 21.1. The number of aromatic nitrogens is 1. The van der Waals surface area contributed by atoms with Crippen LogP contribution < -0.4 is 0 Å². The van der Waals surface area contributed by atoms with Crippen molar-refractivity contribution in [1.29, 1.82) is 0 Å². The fraction of sp³-hybridized carbons (Fsp3) is 0.200. The van der Waals surface area contributed by atoms with Gasteiger partial charge in [0, 0.05) is 11.6 Å². The Morgan fingerprint density at radius 3 is 2.55 bits per heavy atom. The Morgan fingerprint density at radius 1 is 0.909 bits per heavy atom. The van der Waals surface area contributed by atoms with E-state index >= 15 is 0 Å². The van der Waals surface area contributed by atoms with Gasteiger partial charge >= 0.3 is 5.97 Å². The third-order valence-corrected chi connectivity index (χ3v) is 6.40. The van der Waals surface area contributed by atoms with Crippen LogP contribution in [0, 0.1) is 0 Å². The Balaban J connectivity index is 0.000000141. The maximum absolute atomic E-state index is 11.4. The standard InChI is InChI=1S/C18H16.C12H11NO2/c1-3-7-15-13(5-1)9-11-18-16-8-4-2-6-14(16)10-12-17(15)18;1-2-15-12(14)11-7-9-5-3-4-6-10(9)8-13-11/h1,3-5,7-9,11H,2,6,10,12H2;3-8H,2H2,1H3. The molecule has 2 aliphatic carbocycles. The summed E-state index contributed by atoms with van der Waals surface area (Å²) in [5.74, 6) is -0.372. The molecule has 0 N–H and O–H groups in total. The van der Waals surface area contributed by atoms with Crippen molar-refractivity contribution >= 4 is 33.1 Å². The second-order valence-electron chi connectivity index (χ2n) is 8.41. The smallest absolute Gasteiger partial charge is 0.356 e. The lowest BCUT2D eigenvalue weighted by atomic mass is 9.80. The molecule has 1 aromatic heterocycles. The van der Waals surface area contributed by atoms with Gasteiger partial charge in [-0.1, -0.05) is 78.4 Å². The highest BCUT2D eigenvalue weighted by atomic mass is 16.5. The number of carbonyl (C=O) groups excluding carboxylic acids is 1. The number of nitrogens with zero attached hydrogens (tertiary/aromatic N) is 1. The van der Waals surface area contributed by atoms with Crippen molar-refractivity contribution in [1.82, 2.24) is 4.98 Å². The molecule has 1 heterocycles. The van der Waals surface area contributed by atoms with Crippen molar-refractivity contribution in [2.45, 2.75) is 32.6 Å². The van der Waals surface area contributed by atoms with Gasteiger partial charge in [-0.15, -0.1) is 0 Å². The number of allylic oxidation sites excluding steroid dienone is 4. The van der Waals surface area contributed by atoms with Crippen LogP contribution >= 0.6 is 0 Å². The lowest BCUT2D eigenvalue weighted by Crippen LogP contribution is -2.06. The second-order valence-corrected chi connectivity index (χ2v) is 8.41. The molecule has 0 fully saturated rings. The molecule has 164 valence electrons. The SMILES string of the molecule is C1=CC2=C(CC1)CCc1c2ccc2ccccc12.CCOC(=O)c1cc2ccccc2cn1. The fourth-order valence-corrected chi connectivity index (χ4v) is 4.78. The summed E-state index contributed by atoms with van der Waals surface area (Å²) in [6, 6.07) is 22.9. The first-order valence-corrected chi connectivity index (χ1v) is 11.7. The Bertz CT molecular complexity index is 1400. The molecule has 2 aliphatic rings. The minimum Gasteiger partial charge on any atom is -0.461 e. The summed E-state index contributed by atoms with van der Waals surface area (Å²) in [5, 5.41) is 4.83. The van der Waals surface area contributed by atoms with E-state index < -0.39 is 0 Å². The number of hydrogen-bond acceptors (Lipinski definition) is 3. The molecule has 3 nitrogen and oxygen atoms in total. The molecular weight excluding hydrogens is 406 g/mol. The number of esters is 1. The predicted molar refractivity (Wildman–Crippen MR) is 135 cm³/mol. The van der Waals surface area contributed by atoms with Crippen LogP contribution in [0.2, 0.25) is 0 Å². The van der Waals surface area contributed by atoms with Crippen molar-refractivity contribution in [2.24, 2.45) is 0 Å². The average Bonchev–Trinajstić information content (AvgIpc) is 2.88. The van der Waals surface area contributed by atoms with Gasteiger partial charge in [-0.25, -0.2) is 9.78 Å². The summed E-state index contributed by atoms with van der Waals surface area (Å²) in [7, 11) is 0. The lowest BCUT2D eigenvalue weighted by Gasteiger charge is -2.25. The van der Waals surface area contributed by atoms with Gasteiger partial charge in [-0.3, -0.25) is 0 Å². The molecule has 33 heavy (non-hydrogen) atoms. The zero-order valence-corrected chi connectivity index (χ0v) is 18.9. The number of ether oxygens (including phenoxy) is 1. The van der Waals surface area contributed by atoms with E-state index in [4.69, 9.17) is 4.74 Å². The number of benzene rings is 3. The minimum absolute atomic E-state index is 0.357. The van der Waals surface area contributed by atoms with Crippen LogP contribution in [0.15, 0.2) is 90.7 Å². The first-order valence-electron chi connectivity index (χ1n) is 11.7. The molecule has 4 aromatic rings. The Labute approximate surface area is 194 Å². The molecule has 0 saturated carbocycles. The fourth-order valence-electron chi connectivity index (χ4n) is 4.78. The first-order chi connectivity index (χ1) is 16.2. The molecule has 0 amide bonds. The summed E-state index contributed by atoms with van der Waals surface area (Å²) in [4.78, 5) is 15.5. The van der Waals surface area contributed by atoms with Crippen LogP contribution in [0.4, 0.5) is 0 Å². The summed E-state index contributed by atoms with van der Waals surface area (Å²) >= 11 is 0. The number of fused-ring (bicyclic) bond motifs is 5. The van der Waals surface area contributed by atoms with Crippen LogP contribution in [0.25, 0.3) is 27.1 Å². The molecule has 0 unspecified atom stereocenters. The van der Waals surface area contributed by atoms with Gasteiger partial charge in [0.05, 0.1) is 6.61 Å². The zero-order valence-electron chi connectivity index (χ0n) is 18.9. The van der Waals surface area contributed by atoms with Gasteiger partial charge in [0.2, 0.25) is 0 Å². The minimum atomic E-state index is -0.372. The number of rotatable bonds is 2. The van der Waals surface area contributed by atoms with E-state index in [-0.39, 0.29) is 5.97 Å². The number of pyridine rings is 1. The van der Waals surface area contributed by atoms with Crippen LogP contribution in [-0.4, -0.2) is 17.6 Å². The monoisotopic (exact) mass is 433 g/mol. The summed E-state index contributed by atoms with van der Waals surface area (Å²) in [5.41, 5.74) is 6.56. The molecular formula is C30H27NO2. The van der Waals surface area contributed by atoms with Gasteiger partial charge in [-0.2, -0.15) is 0 Å². The molecule has 0 bridgehead atoms. The molecule has 0 spiro atoms. The van der Waals surface area contributed by atoms with E-state index in [1.165, 1.54) is 47.6 Å². The topological polar surface area (TPSA) is 39.2 Å². The molecule has 3 aromatic carbocycles. The molecule has 6 rings (SSSR count). The number of hydrogen-bond donors (Lipinski definition) is 0. The molecule has 0 radical (unpaired) electrons. The van der Waals surface area contributed by atoms with E-state index in [1.807, 2.05) is 24.3 Å². The summed E-state index contributed by atoms with van der Waals surface area (Å²) < 4.78 is 4.88. The van der Waals surface area contributed by atoms with Crippen LogP contribution in [0.3, 0.4) is 0 Å². The Hall–Kier alpha value is -3.72. The van der Waals surface area contributed by atoms with Crippen molar-refractivity contribution in [3.05, 3.63) is 107 Å².